The van der Waals surface area contributed by atoms with E-state index in [9.17, 15) is 4.79 Å². The Labute approximate surface area is 131 Å². The summed E-state index contributed by atoms with van der Waals surface area (Å²) in [5, 5.41) is 7.33. The van der Waals surface area contributed by atoms with Gasteiger partial charge in [0.1, 0.15) is 0 Å². The van der Waals surface area contributed by atoms with Crippen molar-refractivity contribution >= 4 is 6.03 Å². The molecule has 0 fully saturated rings. The maximum atomic E-state index is 12.4. The van der Waals surface area contributed by atoms with E-state index in [0.717, 1.165) is 30.8 Å². The molecule has 2 aromatic rings. The van der Waals surface area contributed by atoms with Gasteiger partial charge in [0.05, 0.1) is 12.2 Å². The standard InChI is InChI=1S/C17H24N4O/c1-3-11-20(14-15-8-6-5-7-9-15)17(22)18-13-16-10-12-21(4-2)19-16/h5-10,12H,3-4,11,13-14H2,1-2H3,(H,18,22). The van der Waals surface area contributed by atoms with Crippen molar-refractivity contribution in [1.82, 2.24) is 20.0 Å². The summed E-state index contributed by atoms with van der Waals surface area (Å²) in [6, 6.07) is 11.9. The second-order valence-corrected chi connectivity index (χ2v) is 5.23. The summed E-state index contributed by atoms with van der Waals surface area (Å²) in [7, 11) is 0. The number of amides is 2. The molecule has 1 heterocycles. The highest BCUT2D eigenvalue weighted by Crippen LogP contribution is 2.06. The van der Waals surface area contributed by atoms with E-state index in [-0.39, 0.29) is 6.03 Å². The number of rotatable bonds is 7. The predicted molar refractivity (Wildman–Crippen MR) is 87.3 cm³/mol. The van der Waals surface area contributed by atoms with Crippen LogP contribution in [-0.2, 0) is 19.6 Å². The Bertz CT molecular complexity index is 579. The van der Waals surface area contributed by atoms with Gasteiger partial charge in [-0.2, -0.15) is 5.10 Å². The number of aromatic nitrogens is 2. The summed E-state index contributed by atoms with van der Waals surface area (Å²) in [6.45, 7) is 6.78. The molecule has 0 radical (unpaired) electrons. The Morgan fingerprint density at radius 2 is 2.00 bits per heavy atom. The van der Waals surface area contributed by atoms with Crippen LogP contribution in [0.25, 0.3) is 0 Å². The minimum atomic E-state index is -0.0447. The Balaban J connectivity index is 1.91. The van der Waals surface area contributed by atoms with Crippen LogP contribution in [-0.4, -0.2) is 27.3 Å². The Morgan fingerprint density at radius 1 is 1.23 bits per heavy atom. The summed E-state index contributed by atoms with van der Waals surface area (Å²) in [5.41, 5.74) is 2.02. The second kappa shape index (κ2) is 8.22. The topological polar surface area (TPSA) is 50.2 Å². The number of urea groups is 1. The van der Waals surface area contributed by atoms with Gasteiger partial charge in [0.25, 0.3) is 0 Å². The Kier molecular flexibility index (Phi) is 6.01. The van der Waals surface area contributed by atoms with Crippen molar-refractivity contribution in [3.05, 3.63) is 53.9 Å². The molecule has 0 atom stereocenters. The first-order valence-corrected chi connectivity index (χ1v) is 7.82. The first-order chi connectivity index (χ1) is 10.7. The molecule has 1 aromatic heterocycles. The average Bonchev–Trinajstić information content (AvgIpc) is 3.01. The van der Waals surface area contributed by atoms with Crippen LogP contribution < -0.4 is 5.32 Å². The first-order valence-electron chi connectivity index (χ1n) is 7.82. The molecule has 0 aliphatic carbocycles. The fourth-order valence-corrected chi connectivity index (χ4v) is 2.28. The molecule has 2 rings (SSSR count). The highest BCUT2D eigenvalue weighted by Gasteiger charge is 2.13. The fourth-order valence-electron chi connectivity index (χ4n) is 2.28. The summed E-state index contributed by atoms with van der Waals surface area (Å²) in [5.74, 6) is 0. The average molecular weight is 300 g/mol. The van der Waals surface area contributed by atoms with E-state index >= 15 is 0 Å². The van der Waals surface area contributed by atoms with E-state index in [1.807, 2.05) is 59.1 Å². The summed E-state index contributed by atoms with van der Waals surface area (Å²) < 4.78 is 1.86. The van der Waals surface area contributed by atoms with Gasteiger partial charge >= 0.3 is 6.03 Å². The zero-order chi connectivity index (χ0) is 15.8. The molecule has 2 amide bonds. The number of nitrogens with one attached hydrogen (secondary N) is 1. The van der Waals surface area contributed by atoms with Crippen LogP contribution in [0.4, 0.5) is 4.79 Å². The lowest BCUT2D eigenvalue weighted by molar-refractivity contribution is 0.194. The third-order valence-electron chi connectivity index (χ3n) is 3.44. The van der Waals surface area contributed by atoms with Gasteiger partial charge in [-0.3, -0.25) is 4.68 Å². The molecule has 1 aromatic carbocycles. The quantitative estimate of drug-likeness (QED) is 0.854. The van der Waals surface area contributed by atoms with Crippen LogP contribution in [0.1, 0.15) is 31.5 Å². The van der Waals surface area contributed by atoms with Gasteiger partial charge in [-0.05, 0) is 25.0 Å². The van der Waals surface area contributed by atoms with E-state index in [1.165, 1.54) is 0 Å². The third kappa shape index (κ3) is 4.62. The van der Waals surface area contributed by atoms with Crippen LogP contribution in [0.15, 0.2) is 42.6 Å². The number of hydrogen-bond donors (Lipinski definition) is 1. The molecule has 5 heteroatoms. The third-order valence-corrected chi connectivity index (χ3v) is 3.44. The molecule has 0 aliphatic rings. The number of carbonyl (C=O) groups is 1. The molecule has 0 saturated carbocycles. The van der Waals surface area contributed by atoms with Crippen LogP contribution in [0.2, 0.25) is 0 Å². The van der Waals surface area contributed by atoms with E-state index in [4.69, 9.17) is 0 Å². The molecule has 0 aliphatic heterocycles. The van der Waals surface area contributed by atoms with Crippen molar-refractivity contribution in [2.24, 2.45) is 0 Å². The lowest BCUT2D eigenvalue weighted by Crippen LogP contribution is -2.39. The fraction of sp³-hybridized carbons (Fsp3) is 0.412. The van der Waals surface area contributed by atoms with E-state index in [0.29, 0.717) is 13.1 Å². The van der Waals surface area contributed by atoms with Gasteiger partial charge < -0.3 is 10.2 Å². The van der Waals surface area contributed by atoms with Crippen molar-refractivity contribution < 1.29 is 4.79 Å². The first kappa shape index (κ1) is 16.1. The molecule has 0 spiro atoms. The molecule has 0 unspecified atom stereocenters. The van der Waals surface area contributed by atoms with Gasteiger partial charge in [-0.25, -0.2) is 4.79 Å². The Hall–Kier alpha value is -2.30. The SMILES string of the molecule is CCCN(Cc1ccccc1)C(=O)NCc1ccn(CC)n1. The zero-order valence-corrected chi connectivity index (χ0v) is 13.3. The summed E-state index contributed by atoms with van der Waals surface area (Å²) in [6.07, 6.45) is 2.86. The molecule has 1 N–H and O–H groups in total. The number of carbonyl (C=O) groups excluding carboxylic acids is 1. The molecule has 22 heavy (non-hydrogen) atoms. The van der Waals surface area contributed by atoms with Crippen LogP contribution in [0.3, 0.4) is 0 Å². The second-order valence-electron chi connectivity index (χ2n) is 5.23. The molecule has 0 saturated heterocycles. The van der Waals surface area contributed by atoms with Gasteiger partial charge in [0.15, 0.2) is 0 Å². The number of hydrogen-bond acceptors (Lipinski definition) is 2. The van der Waals surface area contributed by atoms with Gasteiger partial charge in [0.2, 0.25) is 0 Å². The maximum Gasteiger partial charge on any atom is 0.318 e. The highest BCUT2D eigenvalue weighted by atomic mass is 16.2. The number of aryl methyl sites for hydroxylation is 1. The highest BCUT2D eigenvalue weighted by molar-refractivity contribution is 5.74. The van der Waals surface area contributed by atoms with Gasteiger partial charge in [-0.1, -0.05) is 37.3 Å². The van der Waals surface area contributed by atoms with E-state index in [1.54, 1.807) is 0 Å². The van der Waals surface area contributed by atoms with Crippen LogP contribution in [0, 0.1) is 0 Å². The summed E-state index contributed by atoms with van der Waals surface area (Å²) in [4.78, 5) is 14.2. The number of benzene rings is 1. The van der Waals surface area contributed by atoms with Gasteiger partial charge in [-0.15, -0.1) is 0 Å². The largest absolute Gasteiger partial charge is 0.332 e. The molecular weight excluding hydrogens is 276 g/mol. The number of nitrogens with zero attached hydrogens (tertiary/aromatic N) is 3. The lowest BCUT2D eigenvalue weighted by atomic mass is 10.2. The molecular formula is C17H24N4O. The van der Waals surface area contributed by atoms with Crippen molar-refractivity contribution in [1.29, 1.82) is 0 Å². The molecule has 0 bridgehead atoms. The minimum Gasteiger partial charge on any atom is -0.332 e. The molecule has 5 nitrogen and oxygen atoms in total. The van der Waals surface area contributed by atoms with Crippen molar-refractivity contribution in [3.63, 3.8) is 0 Å². The van der Waals surface area contributed by atoms with Gasteiger partial charge in [0, 0.05) is 25.8 Å². The van der Waals surface area contributed by atoms with Crippen molar-refractivity contribution in [2.75, 3.05) is 6.54 Å². The maximum absolute atomic E-state index is 12.4. The predicted octanol–water partition coefficient (Wildman–Crippen LogP) is 3.02. The Morgan fingerprint density at radius 3 is 2.64 bits per heavy atom. The smallest absolute Gasteiger partial charge is 0.318 e. The zero-order valence-electron chi connectivity index (χ0n) is 13.3. The van der Waals surface area contributed by atoms with E-state index in [2.05, 4.69) is 17.3 Å². The molecule has 118 valence electrons. The van der Waals surface area contributed by atoms with Crippen molar-refractivity contribution in [3.8, 4) is 0 Å². The monoisotopic (exact) mass is 300 g/mol. The van der Waals surface area contributed by atoms with Crippen LogP contribution in [0.5, 0.6) is 0 Å². The minimum absolute atomic E-state index is 0.0447. The summed E-state index contributed by atoms with van der Waals surface area (Å²) >= 11 is 0. The van der Waals surface area contributed by atoms with E-state index < -0.39 is 0 Å². The van der Waals surface area contributed by atoms with Crippen LogP contribution >= 0.6 is 0 Å². The van der Waals surface area contributed by atoms with Crippen molar-refractivity contribution in [2.45, 2.75) is 39.9 Å². The normalized spacial score (nSPS) is 10.5. The lowest BCUT2D eigenvalue weighted by Gasteiger charge is -2.22.